The fourth-order valence-electron chi connectivity index (χ4n) is 2.09. The molecule has 1 fully saturated rings. The van der Waals surface area contributed by atoms with Crippen LogP contribution in [-0.4, -0.2) is 12.7 Å². The first kappa shape index (κ1) is 9.72. The first-order chi connectivity index (χ1) is 6.84. The average molecular weight is 190 g/mol. The number of hydrogen-bond acceptors (Lipinski definition) is 1. The topological polar surface area (TPSA) is 9.23 Å². The van der Waals surface area contributed by atoms with Crippen molar-refractivity contribution in [2.24, 2.45) is 5.92 Å². The molecule has 1 heteroatoms. The van der Waals surface area contributed by atoms with Crippen LogP contribution in [0.4, 0.5) is 0 Å². The summed E-state index contributed by atoms with van der Waals surface area (Å²) in [6, 6.07) is 10.6. The molecule has 0 spiro atoms. The first-order valence-corrected chi connectivity index (χ1v) is 5.50. The predicted molar refractivity (Wildman–Crippen MR) is 58.3 cm³/mol. The summed E-state index contributed by atoms with van der Waals surface area (Å²) in [5.74, 6) is 0.831. The summed E-state index contributed by atoms with van der Waals surface area (Å²) in [5, 5.41) is 0. The lowest BCUT2D eigenvalue weighted by Crippen LogP contribution is -2.26. The van der Waals surface area contributed by atoms with Crippen LogP contribution in [0.5, 0.6) is 0 Å². The third kappa shape index (κ3) is 2.58. The second-order valence-corrected chi connectivity index (χ2v) is 4.31. The highest BCUT2D eigenvalue weighted by atomic mass is 16.5. The molecule has 1 aromatic rings. The van der Waals surface area contributed by atoms with E-state index in [-0.39, 0.29) is 0 Å². The Labute approximate surface area is 86.1 Å². The van der Waals surface area contributed by atoms with Gasteiger partial charge in [-0.25, -0.2) is 0 Å². The summed E-state index contributed by atoms with van der Waals surface area (Å²) in [6.45, 7) is 3.26. The van der Waals surface area contributed by atoms with Gasteiger partial charge in [-0.05, 0) is 30.7 Å². The van der Waals surface area contributed by atoms with Gasteiger partial charge in [0.1, 0.15) is 0 Å². The predicted octanol–water partition coefficient (Wildman–Crippen LogP) is 3.04. The Bertz CT molecular complexity index is 268. The average Bonchev–Trinajstić information content (AvgIpc) is 2.19. The maximum Gasteiger partial charge on any atom is 0.0618 e. The van der Waals surface area contributed by atoms with E-state index in [1.165, 1.54) is 18.4 Å². The number of rotatable bonds is 2. The van der Waals surface area contributed by atoms with Crippen molar-refractivity contribution >= 4 is 0 Å². The molecule has 1 unspecified atom stereocenters. The quantitative estimate of drug-likeness (QED) is 0.696. The molecule has 0 saturated carbocycles. The van der Waals surface area contributed by atoms with E-state index in [2.05, 4.69) is 37.3 Å². The summed E-state index contributed by atoms with van der Waals surface area (Å²) < 4.78 is 5.75. The van der Waals surface area contributed by atoms with Crippen LogP contribution >= 0.6 is 0 Å². The molecular weight excluding hydrogens is 172 g/mol. The number of ether oxygens (including phenoxy) is 1. The van der Waals surface area contributed by atoms with Gasteiger partial charge >= 0.3 is 0 Å². The summed E-state index contributed by atoms with van der Waals surface area (Å²) >= 11 is 0. The van der Waals surface area contributed by atoms with Gasteiger partial charge in [-0.1, -0.05) is 37.3 Å². The Hall–Kier alpha value is -0.820. The molecule has 76 valence electrons. The van der Waals surface area contributed by atoms with Crippen molar-refractivity contribution in [3.05, 3.63) is 35.9 Å². The van der Waals surface area contributed by atoms with E-state index >= 15 is 0 Å². The fraction of sp³-hybridized carbons (Fsp3) is 0.538. The highest BCUT2D eigenvalue weighted by Gasteiger charge is 2.19. The standard InChI is InChI=1S/C13H18O/c1-11-7-8-14-13(9-11)10-12-5-3-2-4-6-12/h2-6,11,13H,7-10H2,1H3/t11?,13-/m0/s1. The van der Waals surface area contributed by atoms with Crippen molar-refractivity contribution in [2.75, 3.05) is 6.61 Å². The lowest BCUT2D eigenvalue weighted by molar-refractivity contribution is -0.00410. The largest absolute Gasteiger partial charge is 0.378 e. The van der Waals surface area contributed by atoms with E-state index in [1.807, 2.05) is 0 Å². The van der Waals surface area contributed by atoms with E-state index in [9.17, 15) is 0 Å². The van der Waals surface area contributed by atoms with Crippen LogP contribution in [0.15, 0.2) is 30.3 Å². The minimum Gasteiger partial charge on any atom is -0.378 e. The molecule has 2 rings (SSSR count). The maximum absolute atomic E-state index is 5.75. The molecule has 0 amide bonds. The van der Waals surface area contributed by atoms with Gasteiger partial charge in [0.15, 0.2) is 0 Å². The lowest BCUT2D eigenvalue weighted by atomic mass is 9.94. The molecule has 1 saturated heterocycles. The maximum atomic E-state index is 5.75. The van der Waals surface area contributed by atoms with Crippen LogP contribution < -0.4 is 0 Å². The van der Waals surface area contributed by atoms with Gasteiger partial charge in [0, 0.05) is 6.61 Å². The van der Waals surface area contributed by atoms with Crippen molar-refractivity contribution in [3.63, 3.8) is 0 Å². The third-order valence-electron chi connectivity index (χ3n) is 2.94. The van der Waals surface area contributed by atoms with Gasteiger partial charge in [-0.2, -0.15) is 0 Å². The lowest BCUT2D eigenvalue weighted by Gasteiger charge is -2.27. The van der Waals surface area contributed by atoms with Crippen LogP contribution in [0.1, 0.15) is 25.3 Å². The van der Waals surface area contributed by atoms with Gasteiger partial charge in [0.25, 0.3) is 0 Å². The zero-order chi connectivity index (χ0) is 9.80. The zero-order valence-electron chi connectivity index (χ0n) is 8.78. The SMILES string of the molecule is CC1CCO[C@H](Cc2ccccc2)C1. The molecule has 1 aromatic carbocycles. The minimum absolute atomic E-state index is 0.446. The van der Waals surface area contributed by atoms with E-state index in [0.717, 1.165) is 18.9 Å². The van der Waals surface area contributed by atoms with E-state index in [4.69, 9.17) is 4.74 Å². The number of hydrogen-bond donors (Lipinski definition) is 0. The molecule has 0 radical (unpaired) electrons. The molecule has 0 aromatic heterocycles. The molecule has 0 aliphatic carbocycles. The van der Waals surface area contributed by atoms with E-state index < -0.39 is 0 Å². The van der Waals surface area contributed by atoms with Gasteiger partial charge in [-0.3, -0.25) is 0 Å². The summed E-state index contributed by atoms with van der Waals surface area (Å²) in [7, 11) is 0. The Kier molecular flexibility index (Phi) is 3.20. The van der Waals surface area contributed by atoms with Crippen molar-refractivity contribution in [1.29, 1.82) is 0 Å². The number of benzene rings is 1. The van der Waals surface area contributed by atoms with Gasteiger partial charge in [0.2, 0.25) is 0 Å². The molecule has 2 atom stereocenters. The van der Waals surface area contributed by atoms with Crippen molar-refractivity contribution in [2.45, 2.75) is 32.3 Å². The van der Waals surface area contributed by atoms with Crippen molar-refractivity contribution in [1.82, 2.24) is 0 Å². The Morgan fingerprint density at radius 1 is 1.29 bits per heavy atom. The summed E-state index contributed by atoms with van der Waals surface area (Å²) in [5.41, 5.74) is 1.40. The van der Waals surface area contributed by atoms with Crippen LogP contribution in [0, 0.1) is 5.92 Å². The molecule has 1 aliphatic rings. The van der Waals surface area contributed by atoms with Gasteiger partial charge < -0.3 is 4.74 Å². The van der Waals surface area contributed by atoms with Gasteiger partial charge in [-0.15, -0.1) is 0 Å². The van der Waals surface area contributed by atoms with Crippen LogP contribution in [0.3, 0.4) is 0 Å². The Morgan fingerprint density at radius 3 is 2.79 bits per heavy atom. The third-order valence-corrected chi connectivity index (χ3v) is 2.94. The smallest absolute Gasteiger partial charge is 0.0618 e. The molecule has 0 bridgehead atoms. The second-order valence-electron chi connectivity index (χ2n) is 4.31. The molecular formula is C13H18O. The van der Waals surface area contributed by atoms with E-state index in [1.54, 1.807) is 0 Å². The normalized spacial score (nSPS) is 27.5. The van der Waals surface area contributed by atoms with Crippen molar-refractivity contribution in [3.8, 4) is 0 Å². The van der Waals surface area contributed by atoms with Crippen molar-refractivity contribution < 1.29 is 4.74 Å². The summed E-state index contributed by atoms with van der Waals surface area (Å²) in [6.07, 6.45) is 3.96. The highest BCUT2D eigenvalue weighted by molar-refractivity contribution is 5.15. The van der Waals surface area contributed by atoms with E-state index in [0.29, 0.717) is 6.10 Å². The molecule has 14 heavy (non-hydrogen) atoms. The molecule has 1 heterocycles. The van der Waals surface area contributed by atoms with Crippen LogP contribution in [-0.2, 0) is 11.2 Å². The monoisotopic (exact) mass is 190 g/mol. The Balaban J connectivity index is 1.91. The molecule has 1 nitrogen and oxygen atoms in total. The zero-order valence-corrected chi connectivity index (χ0v) is 8.78. The van der Waals surface area contributed by atoms with Crippen LogP contribution in [0.25, 0.3) is 0 Å². The molecule has 1 aliphatic heterocycles. The molecule has 0 N–H and O–H groups in total. The minimum atomic E-state index is 0.446. The fourth-order valence-corrected chi connectivity index (χ4v) is 2.09. The second kappa shape index (κ2) is 4.61. The highest BCUT2D eigenvalue weighted by Crippen LogP contribution is 2.21. The summed E-state index contributed by atoms with van der Waals surface area (Å²) in [4.78, 5) is 0. The van der Waals surface area contributed by atoms with Crippen LogP contribution in [0.2, 0.25) is 0 Å². The van der Waals surface area contributed by atoms with Gasteiger partial charge in [0.05, 0.1) is 6.10 Å². The first-order valence-electron chi connectivity index (χ1n) is 5.50. The Morgan fingerprint density at radius 2 is 2.07 bits per heavy atom.